The molecule has 3 rings (SSSR count). The first-order chi connectivity index (χ1) is 12.6. The largest absolute Gasteiger partial charge is 0.491 e. The molecule has 1 heterocycles. The zero-order chi connectivity index (χ0) is 18.4. The van der Waals surface area contributed by atoms with Crippen LogP contribution in [-0.4, -0.2) is 31.1 Å². The first-order valence-electron chi connectivity index (χ1n) is 8.64. The number of ether oxygens (including phenoxy) is 2. The summed E-state index contributed by atoms with van der Waals surface area (Å²) < 4.78 is 11.2. The van der Waals surface area contributed by atoms with Crippen molar-refractivity contribution < 1.29 is 19.1 Å². The maximum atomic E-state index is 12.2. The minimum absolute atomic E-state index is 0.148. The first kappa shape index (κ1) is 17.9. The Bertz CT molecular complexity index is 768. The summed E-state index contributed by atoms with van der Waals surface area (Å²) in [6.45, 7) is 3.14. The van der Waals surface area contributed by atoms with Gasteiger partial charge in [-0.25, -0.2) is 0 Å². The lowest BCUT2D eigenvalue weighted by Gasteiger charge is -2.12. The highest BCUT2D eigenvalue weighted by atomic mass is 16.5. The Morgan fingerprint density at radius 3 is 2.50 bits per heavy atom. The third-order valence-electron chi connectivity index (χ3n) is 4.26. The van der Waals surface area contributed by atoms with Crippen LogP contribution in [0.1, 0.15) is 39.1 Å². The van der Waals surface area contributed by atoms with Gasteiger partial charge in [-0.15, -0.1) is 0 Å². The normalized spacial score (nSPS) is 16.1. The van der Waals surface area contributed by atoms with Gasteiger partial charge in [-0.05, 0) is 55.7 Å². The van der Waals surface area contributed by atoms with Crippen LogP contribution < -0.4 is 15.6 Å². The third kappa shape index (κ3) is 4.61. The highest BCUT2D eigenvalue weighted by molar-refractivity contribution is 5.99. The third-order valence-corrected chi connectivity index (χ3v) is 4.26. The second kappa shape index (κ2) is 8.49. The summed E-state index contributed by atoms with van der Waals surface area (Å²) in [5.41, 5.74) is 6.64. The fourth-order valence-electron chi connectivity index (χ4n) is 2.75. The van der Waals surface area contributed by atoms with E-state index in [1.54, 1.807) is 36.4 Å². The van der Waals surface area contributed by atoms with Gasteiger partial charge in [-0.2, -0.15) is 0 Å². The molecule has 0 aliphatic carbocycles. The van der Waals surface area contributed by atoms with E-state index in [2.05, 4.69) is 10.9 Å². The highest BCUT2D eigenvalue weighted by Crippen LogP contribution is 2.16. The summed E-state index contributed by atoms with van der Waals surface area (Å²) in [4.78, 5) is 24.3. The van der Waals surface area contributed by atoms with Crippen LogP contribution in [0.4, 0.5) is 0 Å². The topological polar surface area (TPSA) is 76.7 Å². The Balaban J connectivity index is 1.50. The van der Waals surface area contributed by atoms with Gasteiger partial charge in [0.2, 0.25) is 0 Å². The number of amides is 2. The van der Waals surface area contributed by atoms with Crippen molar-refractivity contribution >= 4 is 11.8 Å². The molecule has 6 nitrogen and oxygen atoms in total. The van der Waals surface area contributed by atoms with Crippen molar-refractivity contribution in [3.63, 3.8) is 0 Å². The molecule has 0 saturated carbocycles. The lowest BCUT2D eigenvalue weighted by atomic mass is 10.1. The van der Waals surface area contributed by atoms with E-state index in [1.807, 2.05) is 19.1 Å². The molecule has 1 atom stereocenters. The number of hydrogen-bond donors (Lipinski definition) is 2. The van der Waals surface area contributed by atoms with E-state index >= 15 is 0 Å². The molecule has 0 bridgehead atoms. The Hall–Kier alpha value is -2.86. The lowest BCUT2D eigenvalue weighted by Crippen LogP contribution is -2.41. The van der Waals surface area contributed by atoms with Crippen LogP contribution in [0.15, 0.2) is 48.5 Å². The quantitative estimate of drug-likeness (QED) is 0.810. The maximum Gasteiger partial charge on any atom is 0.269 e. The van der Waals surface area contributed by atoms with Crippen molar-refractivity contribution in [3.8, 4) is 5.75 Å². The van der Waals surface area contributed by atoms with E-state index < -0.39 is 5.91 Å². The van der Waals surface area contributed by atoms with Gasteiger partial charge in [0, 0.05) is 17.7 Å². The van der Waals surface area contributed by atoms with Crippen LogP contribution in [0.5, 0.6) is 5.75 Å². The Morgan fingerprint density at radius 2 is 1.81 bits per heavy atom. The summed E-state index contributed by atoms with van der Waals surface area (Å²) in [5, 5.41) is 0. The zero-order valence-corrected chi connectivity index (χ0v) is 14.7. The molecule has 2 N–H and O–H groups in total. The summed E-state index contributed by atoms with van der Waals surface area (Å²) in [7, 11) is 0. The molecule has 1 unspecified atom stereocenters. The van der Waals surface area contributed by atoms with Crippen LogP contribution in [0.3, 0.4) is 0 Å². The van der Waals surface area contributed by atoms with E-state index in [0.717, 1.165) is 25.0 Å². The second-order valence-corrected chi connectivity index (χ2v) is 6.19. The van der Waals surface area contributed by atoms with Gasteiger partial charge in [-0.1, -0.05) is 18.2 Å². The smallest absolute Gasteiger partial charge is 0.269 e. The molecule has 0 radical (unpaired) electrons. The molecule has 2 amide bonds. The van der Waals surface area contributed by atoms with Crippen molar-refractivity contribution in [2.24, 2.45) is 0 Å². The van der Waals surface area contributed by atoms with Crippen molar-refractivity contribution in [1.82, 2.24) is 10.9 Å². The summed E-state index contributed by atoms with van der Waals surface area (Å²) in [5.74, 6) is -0.0634. The standard InChI is InChI=1S/C20H22N2O4/c1-14-5-2-3-7-18(14)20(24)22-21-19(23)15-8-10-16(11-9-15)26-13-17-6-4-12-25-17/h2-3,5,7-11,17H,4,6,12-13H2,1H3,(H,21,23)(H,22,24). The lowest BCUT2D eigenvalue weighted by molar-refractivity contribution is 0.0679. The van der Waals surface area contributed by atoms with Crippen molar-refractivity contribution in [3.05, 3.63) is 65.2 Å². The van der Waals surface area contributed by atoms with Gasteiger partial charge in [0.1, 0.15) is 12.4 Å². The average Bonchev–Trinajstić information content (AvgIpc) is 3.18. The minimum Gasteiger partial charge on any atom is -0.491 e. The molecule has 26 heavy (non-hydrogen) atoms. The van der Waals surface area contributed by atoms with Gasteiger partial charge in [0.05, 0.1) is 6.10 Å². The number of hydrazine groups is 1. The number of nitrogens with one attached hydrogen (secondary N) is 2. The number of benzene rings is 2. The monoisotopic (exact) mass is 354 g/mol. The van der Waals surface area contributed by atoms with Gasteiger partial charge >= 0.3 is 0 Å². The number of aryl methyl sites for hydroxylation is 1. The van der Waals surface area contributed by atoms with Gasteiger partial charge in [-0.3, -0.25) is 20.4 Å². The molecule has 1 aliphatic rings. The fraction of sp³-hybridized carbons (Fsp3) is 0.300. The Labute approximate surface area is 152 Å². The van der Waals surface area contributed by atoms with Gasteiger partial charge in [0.15, 0.2) is 0 Å². The van der Waals surface area contributed by atoms with Crippen LogP contribution >= 0.6 is 0 Å². The molecular weight excluding hydrogens is 332 g/mol. The highest BCUT2D eigenvalue weighted by Gasteiger charge is 2.16. The predicted molar refractivity (Wildman–Crippen MR) is 97.0 cm³/mol. The van der Waals surface area contributed by atoms with E-state index in [9.17, 15) is 9.59 Å². The molecule has 2 aromatic carbocycles. The van der Waals surface area contributed by atoms with Crippen molar-refractivity contribution in [2.45, 2.75) is 25.9 Å². The average molecular weight is 354 g/mol. The Kier molecular flexibility index (Phi) is 5.86. The van der Waals surface area contributed by atoms with Crippen molar-refractivity contribution in [1.29, 1.82) is 0 Å². The molecule has 1 saturated heterocycles. The number of carbonyl (C=O) groups is 2. The summed E-state index contributed by atoms with van der Waals surface area (Å²) >= 11 is 0. The molecule has 1 aliphatic heterocycles. The maximum absolute atomic E-state index is 12.2. The van der Waals surface area contributed by atoms with Gasteiger partial charge < -0.3 is 9.47 Å². The number of carbonyl (C=O) groups excluding carboxylic acids is 2. The molecule has 6 heteroatoms. The van der Waals surface area contributed by atoms with Gasteiger partial charge in [0.25, 0.3) is 11.8 Å². The number of rotatable bonds is 5. The molecule has 1 fully saturated rings. The van der Waals surface area contributed by atoms with Crippen LogP contribution in [-0.2, 0) is 4.74 Å². The van der Waals surface area contributed by atoms with E-state index in [-0.39, 0.29) is 12.0 Å². The Morgan fingerprint density at radius 1 is 1.08 bits per heavy atom. The van der Waals surface area contributed by atoms with Crippen LogP contribution in [0, 0.1) is 6.92 Å². The van der Waals surface area contributed by atoms with Crippen LogP contribution in [0.25, 0.3) is 0 Å². The molecule has 136 valence electrons. The first-order valence-corrected chi connectivity index (χ1v) is 8.64. The SMILES string of the molecule is Cc1ccccc1C(=O)NNC(=O)c1ccc(OCC2CCCO2)cc1. The van der Waals surface area contributed by atoms with E-state index in [0.29, 0.717) is 23.5 Å². The fourth-order valence-corrected chi connectivity index (χ4v) is 2.75. The molecular formula is C20H22N2O4. The van der Waals surface area contributed by atoms with Crippen LogP contribution in [0.2, 0.25) is 0 Å². The van der Waals surface area contributed by atoms with E-state index in [1.165, 1.54) is 0 Å². The second-order valence-electron chi connectivity index (χ2n) is 6.19. The van der Waals surface area contributed by atoms with Crippen molar-refractivity contribution in [2.75, 3.05) is 13.2 Å². The predicted octanol–water partition coefficient (Wildman–Crippen LogP) is 2.63. The number of hydrogen-bond acceptors (Lipinski definition) is 4. The minimum atomic E-state index is -0.391. The molecule has 0 aromatic heterocycles. The summed E-state index contributed by atoms with van der Waals surface area (Å²) in [6.07, 6.45) is 2.23. The molecule has 2 aromatic rings. The summed E-state index contributed by atoms with van der Waals surface area (Å²) in [6, 6.07) is 13.9. The van der Waals surface area contributed by atoms with E-state index in [4.69, 9.17) is 9.47 Å². The molecule has 0 spiro atoms. The zero-order valence-electron chi connectivity index (χ0n) is 14.7.